The molecule has 7 nitrogen and oxygen atoms in total. The molecule has 0 spiro atoms. The summed E-state index contributed by atoms with van der Waals surface area (Å²) in [6.07, 6.45) is 3.00. The van der Waals surface area contributed by atoms with Gasteiger partial charge in [0.2, 0.25) is 0 Å². The van der Waals surface area contributed by atoms with E-state index in [1.807, 2.05) is 31.3 Å². The number of benzene rings is 3. The van der Waals surface area contributed by atoms with E-state index in [2.05, 4.69) is 20.5 Å². The van der Waals surface area contributed by atoms with E-state index in [0.717, 1.165) is 49.7 Å². The highest BCUT2D eigenvalue weighted by Gasteiger charge is 2.34. The summed E-state index contributed by atoms with van der Waals surface area (Å²) in [5.41, 5.74) is 0.871. The number of hydrogen-bond donors (Lipinski definition) is 3. The van der Waals surface area contributed by atoms with E-state index in [4.69, 9.17) is 21.3 Å². The molecule has 3 N–H and O–H groups in total. The van der Waals surface area contributed by atoms with Gasteiger partial charge in [-0.25, -0.2) is 4.39 Å². The Balaban J connectivity index is 0.00000176. The number of phenols is 1. The predicted molar refractivity (Wildman–Crippen MR) is 160 cm³/mol. The summed E-state index contributed by atoms with van der Waals surface area (Å²) in [5, 5.41) is 19.5. The molecule has 0 saturated carbocycles. The van der Waals surface area contributed by atoms with Gasteiger partial charge in [-0.3, -0.25) is 0 Å². The zero-order valence-electron chi connectivity index (χ0n) is 21.4. The molecule has 0 aliphatic carbocycles. The van der Waals surface area contributed by atoms with Gasteiger partial charge in [-0.1, -0.05) is 35.9 Å². The van der Waals surface area contributed by atoms with Crippen molar-refractivity contribution in [1.29, 1.82) is 0 Å². The quantitative estimate of drug-likeness (QED) is 0.236. The van der Waals surface area contributed by atoms with E-state index in [9.17, 15) is 5.11 Å². The normalized spacial score (nSPS) is 18.2. The van der Waals surface area contributed by atoms with Gasteiger partial charge < -0.3 is 25.4 Å². The molecule has 3 aromatic carbocycles. The number of nitrogens with zero attached hydrogens (tertiary/aromatic N) is 3. The molecule has 2 atom stereocenters. The van der Waals surface area contributed by atoms with Crippen LogP contribution in [0.5, 0.6) is 11.8 Å². The summed E-state index contributed by atoms with van der Waals surface area (Å²) in [4.78, 5) is 11.5. The molecule has 39 heavy (non-hydrogen) atoms. The summed E-state index contributed by atoms with van der Waals surface area (Å²) in [6.45, 7) is 2.76. The van der Waals surface area contributed by atoms with Crippen molar-refractivity contribution in [2.75, 3.05) is 38.2 Å². The van der Waals surface area contributed by atoms with Crippen LogP contribution in [0.25, 0.3) is 32.8 Å². The van der Waals surface area contributed by atoms with Crippen LogP contribution in [0.2, 0.25) is 5.02 Å². The summed E-state index contributed by atoms with van der Waals surface area (Å²) in [7, 11) is 1.88. The zero-order valence-corrected chi connectivity index (χ0v) is 23.8. The third-order valence-corrected chi connectivity index (χ3v) is 7.57. The molecule has 208 valence electrons. The number of piperazine rings is 1. The minimum Gasteiger partial charge on any atom is -0.508 e. The SMILES string of the molecule is CNCCCOc1nc(N2C[C@H]3CC[C@@H](C2)N3)c2cc(Cl)c(-c3cc(O)cc4ccccc34)c(F)c2n1.Cl.Cl. The van der Waals surface area contributed by atoms with Gasteiger partial charge in [0.1, 0.15) is 17.1 Å². The van der Waals surface area contributed by atoms with Crippen molar-refractivity contribution in [3.8, 4) is 22.9 Å². The lowest BCUT2D eigenvalue weighted by Crippen LogP contribution is -2.51. The number of fused-ring (bicyclic) bond motifs is 4. The van der Waals surface area contributed by atoms with Gasteiger partial charge >= 0.3 is 6.01 Å². The van der Waals surface area contributed by atoms with Crippen LogP contribution in [0.15, 0.2) is 42.5 Å². The van der Waals surface area contributed by atoms with Crippen molar-refractivity contribution in [2.24, 2.45) is 0 Å². The number of aromatic hydroxyl groups is 1. The minimum absolute atomic E-state index is 0. The number of ether oxygens (including phenoxy) is 1. The van der Waals surface area contributed by atoms with Crippen LogP contribution >= 0.6 is 36.4 Å². The number of hydrogen-bond acceptors (Lipinski definition) is 7. The first kappa shape index (κ1) is 29.4. The molecule has 0 radical (unpaired) electrons. The zero-order chi connectivity index (χ0) is 25.5. The van der Waals surface area contributed by atoms with Crippen LogP contribution < -0.4 is 20.3 Å². The lowest BCUT2D eigenvalue weighted by molar-refractivity contribution is 0.286. The second kappa shape index (κ2) is 12.3. The van der Waals surface area contributed by atoms with Crippen LogP contribution in [0.4, 0.5) is 10.2 Å². The average Bonchev–Trinajstić information content (AvgIpc) is 3.23. The highest BCUT2D eigenvalue weighted by Crippen LogP contribution is 2.42. The number of aromatic nitrogens is 2. The topological polar surface area (TPSA) is 82.5 Å². The minimum atomic E-state index is -0.555. The van der Waals surface area contributed by atoms with E-state index < -0.39 is 5.82 Å². The van der Waals surface area contributed by atoms with Crippen molar-refractivity contribution in [1.82, 2.24) is 20.6 Å². The molecule has 2 fully saturated rings. The number of anilines is 1. The second-order valence-electron chi connectivity index (χ2n) is 9.84. The fourth-order valence-corrected chi connectivity index (χ4v) is 5.89. The molecular weight excluding hydrogens is 564 g/mol. The fourth-order valence-electron chi connectivity index (χ4n) is 5.60. The summed E-state index contributed by atoms with van der Waals surface area (Å²) in [5.74, 6) is 0.123. The maximum Gasteiger partial charge on any atom is 0.319 e. The molecule has 1 aromatic heterocycles. The standard InChI is InChI=1S/C28H29ClFN5O2.2ClH/c1-31-9-4-10-37-28-33-26-22(27(34-28)35-14-17-7-8-18(15-35)32-17)13-23(29)24(25(26)30)21-12-19(36)11-16-5-2-3-6-20(16)21;;/h2-3,5-6,11-13,17-18,31-32,36H,4,7-10,14-15H2,1H3;2*1H/t17-,18+;;. The van der Waals surface area contributed by atoms with Crippen molar-refractivity contribution in [2.45, 2.75) is 31.3 Å². The molecule has 2 aliphatic rings. The molecule has 6 rings (SSSR count). The smallest absolute Gasteiger partial charge is 0.319 e. The van der Waals surface area contributed by atoms with Crippen LogP contribution in [-0.2, 0) is 0 Å². The summed E-state index contributed by atoms with van der Waals surface area (Å²) in [6, 6.07) is 13.4. The van der Waals surface area contributed by atoms with E-state index >= 15 is 4.39 Å². The highest BCUT2D eigenvalue weighted by atomic mass is 35.5. The van der Waals surface area contributed by atoms with Gasteiger partial charge in [0, 0.05) is 36.1 Å². The lowest BCUT2D eigenvalue weighted by atomic mass is 9.96. The van der Waals surface area contributed by atoms with Crippen molar-refractivity contribution in [3.63, 3.8) is 0 Å². The highest BCUT2D eigenvalue weighted by molar-refractivity contribution is 6.35. The van der Waals surface area contributed by atoms with Crippen LogP contribution in [0.3, 0.4) is 0 Å². The molecule has 4 aromatic rings. The van der Waals surface area contributed by atoms with E-state index in [1.165, 1.54) is 0 Å². The maximum absolute atomic E-state index is 16.5. The van der Waals surface area contributed by atoms with Crippen molar-refractivity contribution in [3.05, 3.63) is 53.3 Å². The monoisotopic (exact) mass is 593 g/mol. The molecule has 2 saturated heterocycles. The Morgan fingerprint density at radius 3 is 2.59 bits per heavy atom. The summed E-state index contributed by atoms with van der Waals surface area (Å²) >= 11 is 6.79. The van der Waals surface area contributed by atoms with Crippen LogP contribution in [0, 0.1) is 5.82 Å². The van der Waals surface area contributed by atoms with E-state index in [0.29, 0.717) is 35.5 Å². The number of halogens is 4. The summed E-state index contributed by atoms with van der Waals surface area (Å²) < 4.78 is 22.4. The largest absolute Gasteiger partial charge is 0.508 e. The Morgan fingerprint density at radius 2 is 1.85 bits per heavy atom. The first-order chi connectivity index (χ1) is 18.0. The molecule has 2 bridgehead atoms. The molecule has 0 unspecified atom stereocenters. The average molecular weight is 595 g/mol. The number of nitrogens with one attached hydrogen (secondary N) is 2. The second-order valence-corrected chi connectivity index (χ2v) is 10.2. The molecule has 3 heterocycles. The van der Waals surface area contributed by atoms with Gasteiger partial charge in [0.15, 0.2) is 5.82 Å². The van der Waals surface area contributed by atoms with E-state index in [1.54, 1.807) is 18.2 Å². The first-order valence-electron chi connectivity index (χ1n) is 12.7. The van der Waals surface area contributed by atoms with Gasteiger partial charge in [0.05, 0.1) is 11.6 Å². The van der Waals surface area contributed by atoms with Crippen molar-refractivity contribution >= 4 is 63.9 Å². The van der Waals surface area contributed by atoms with Gasteiger partial charge in [-0.2, -0.15) is 9.97 Å². The third-order valence-electron chi connectivity index (χ3n) is 7.28. The Bertz CT molecular complexity index is 1480. The lowest BCUT2D eigenvalue weighted by Gasteiger charge is -2.34. The fraction of sp³-hybridized carbons (Fsp3) is 0.357. The molecule has 2 aliphatic heterocycles. The Kier molecular flexibility index (Phi) is 9.24. The first-order valence-corrected chi connectivity index (χ1v) is 13.1. The van der Waals surface area contributed by atoms with Crippen molar-refractivity contribution < 1.29 is 14.2 Å². The Morgan fingerprint density at radius 1 is 1.10 bits per heavy atom. The van der Waals surface area contributed by atoms with E-state index in [-0.39, 0.29) is 52.7 Å². The van der Waals surface area contributed by atoms with Crippen LogP contribution in [-0.4, -0.2) is 60.4 Å². The number of phenolic OH excluding ortho intramolecular Hbond substituents is 1. The molecule has 11 heteroatoms. The maximum atomic E-state index is 16.5. The molecule has 0 amide bonds. The van der Waals surface area contributed by atoms with Gasteiger partial charge in [-0.05, 0) is 67.4 Å². The van der Waals surface area contributed by atoms with Crippen LogP contribution in [0.1, 0.15) is 19.3 Å². The van der Waals surface area contributed by atoms with Gasteiger partial charge in [-0.15, -0.1) is 24.8 Å². The third kappa shape index (κ3) is 5.67. The molecular formula is C28H31Cl3FN5O2. The Labute approximate surface area is 243 Å². The number of rotatable bonds is 7. The van der Waals surface area contributed by atoms with Gasteiger partial charge in [0.25, 0.3) is 0 Å². The predicted octanol–water partition coefficient (Wildman–Crippen LogP) is 5.72. The Hall–Kier alpha value is -2.62.